The first-order valence-corrected chi connectivity index (χ1v) is 8.96. The summed E-state index contributed by atoms with van der Waals surface area (Å²) >= 11 is 0. The molecule has 1 unspecified atom stereocenters. The third-order valence-corrected chi connectivity index (χ3v) is 5.56. The van der Waals surface area contributed by atoms with Crippen LogP contribution >= 0.6 is 12.4 Å². The number of hydrogen-bond acceptors (Lipinski definition) is 3. The maximum atomic E-state index is 12.4. The van der Waals surface area contributed by atoms with Crippen molar-refractivity contribution in [1.82, 2.24) is 9.80 Å². The zero-order chi connectivity index (χ0) is 16.2. The van der Waals surface area contributed by atoms with Gasteiger partial charge in [0.15, 0.2) is 0 Å². The van der Waals surface area contributed by atoms with Crippen molar-refractivity contribution in [2.45, 2.75) is 38.1 Å². The summed E-state index contributed by atoms with van der Waals surface area (Å²) in [5, 5.41) is 0. The van der Waals surface area contributed by atoms with Crippen molar-refractivity contribution < 1.29 is 4.79 Å². The Morgan fingerprint density at radius 2 is 2.00 bits per heavy atom. The minimum atomic E-state index is 0. The topological polar surface area (TPSA) is 49.6 Å². The Hall–Kier alpha value is -1.10. The van der Waals surface area contributed by atoms with Gasteiger partial charge in [-0.1, -0.05) is 30.3 Å². The Morgan fingerprint density at radius 1 is 1.25 bits per heavy atom. The van der Waals surface area contributed by atoms with Crippen LogP contribution in [0.2, 0.25) is 0 Å². The molecule has 2 heterocycles. The number of benzene rings is 1. The first-order valence-electron chi connectivity index (χ1n) is 8.96. The standard InChI is InChI=1S/C19H29N3O.ClH/c1-15-6-5-10-22(15)19(23)9-11-21-13-17(12-20)18(14-21)16-7-3-2-4-8-16;/h2-4,7-8,15,17-18H,5-6,9-14,20H2,1H3;1H/t15?,17-,18+;/m1./s1. The van der Waals surface area contributed by atoms with Crippen molar-refractivity contribution in [3.8, 4) is 0 Å². The van der Waals surface area contributed by atoms with Gasteiger partial charge in [-0.05, 0) is 37.8 Å². The molecule has 2 aliphatic rings. The van der Waals surface area contributed by atoms with E-state index >= 15 is 0 Å². The average Bonchev–Trinajstić information content (AvgIpc) is 3.19. The van der Waals surface area contributed by atoms with Crippen LogP contribution in [0.4, 0.5) is 0 Å². The summed E-state index contributed by atoms with van der Waals surface area (Å²) in [5.41, 5.74) is 7.38. The van der Waals surface area contributed by atoms with Crippen LogP contribution in [0.3, 0.4) is 0 Å². The highest BCUT2D eigenvalue weighted by atomic mass is 35.5. The lowest BCUT2D eigenvalue weighted by atomic mass is 9.89. The van der Waals surface area contributed by atoms with Gasteiger partial charge in [0.25, 0.3) is 0 Å². The molecule has 0 bridgehead atoms. The Kier molecular flexibility index (Phi) is 7.08. The fraction of sp³-hybridized carbons (Fsp3) is 0.632. The molecular weight excluding hydrogens is 322 g/mol. The molecular formula is C19H30ClN3O. The lowest BCUT2D eigenvalue weighted by molar-refractivity contribution is -0.132. The predicted octanol–water partition coefficient (Wildman–Crippen LogP) is 2.48. The Balaban J connectivity index is 0.00000208. The van der Waals surface area contributed by atoms with Crippen LogP contribution in [0.25, 0.3) is 0 Å². The van der Waals surface area contributed by atoms with E-state index in [1.54, 1.807) is 0 Å². The van der Waals surface area contributed by atoms with Crippen molar-refractivity contribution in [3.63, 3.8) is 0 Å². The summed E-state index contributed by atoms with van der Waals surface area (Å²) in [5.74, 6) is 1.32. The molecule has 134 valence electrons. The van der Waals surface area contributed by atoms with Crippen LogP contribution in [0, 0.1) is 5.92 Å². The summed E-state index contributed by atoms with van der Waals surface area (Å²) in [6, 6.07) is 11.1. The number of likely N-dealkylation sites (tertiary alicyclic amines) is 2. The number of amides is 1. The molecule has 2 fully saturated rings. The first kappa shape index (κ1) is 19.2. The highest BCUT2D eigenvalue weighted by Gasteiger charge is 2.33. The molecule has 3 rings (SSSR count). The molecule has 2 aliphatic heterocycles. The summed E-state index contributed by atoms with van der Waals surface area (Å²) in [6.45, 7) is 6.72. The van der Waals surface area contributed by atoms with Gasteiger partial charge < -0.3 is 15.5 Å². The smallest absolute Gasteiger partial charge is 0.224 e. The Labute approximate surface area is 151 Å². The summed E-state index contributed by atoms with van der Waals surface area (Å²) < 4.78 is 0. The first-order chi connectivity index (χ1) is 11.2. The number of nitrogens with zero attached hydrogens (tertiary/aromatic N) is 2. The molecule has 1 aromatic rings. The third-order valence-electron chi connectivity index (χ3n) is 5.56. The van der Waals surface area contributed by atoms with Crippen LogP contribution in [-0.2, 0) is 4.79 Å². The van der Waals surface area contributed by atoms with Gasteiger partial charge in [-0.2, -0.15) is 0 Å². The van der Waals surface area contributed by atoms with E-state index in [2.05, 4.69) is 47.1 Å². The second-order valence-corrected chi connectivity index (χ2v) is 7.10. The van der Waals surface area contributed by atoms with Crippen LogP contribution < -0.4 is 5.73 Å². The average molecular weight is 352 g/mol. The van der Waals surface area contributed by atoms with Crippen LogP contribution in [-0.4, -0.2) is 54.5 Å². The molecule has 0 radical (unpaired) electrons. The molecule has 1 aromatic carbocycles. The zero-order valence-corrected chi connectivity index (χ0v) is 15.4. The van der Waals surface area contributed by atoms with Crippen LogP contribution in [0.1, 0.15) is 37.7 Å². The van der Waals surface area contributed by atoms with Gasteiger partial charge in [0.2, 0.25) is 5.91 Å². The van der Waals surface area contributed by atoms with Gasteiger partial charge in [-0.25, -0.2) is 0 Å². The third kappa shape index (κ3) is 4.29. The Bertz CT molecular complexity index is 525. The molecule has 2 N–H and O–H groups in total. The van der Waals surface area contributed by atoms with Gasteiger partial charge in [-0.15, -0.1) is 12.4 Å². The van der Waals surface area contributed by atoms with E-state index in [9.17, 15) is 4.79 Å². The maximum Gasteiger partial charge on any atom is 0.224 e. The fourth-order valence-corrected chi connectivity index (χ4v) is 4.16. The normalized spacial score (nSPS) is 27.2. The number of halogens is 1. The van der Waals surface area contributed by atoms with Crippen molar-refractivity contribution >= 4 is 18.3 Å². The minimum Gasteiger partial charge on any atom is -0.340 e. The van der Waals surface area contributed by atoms with E-state index in [4.69, 9.17) is 5.73 Å². The largest absolute Gasteiger partial charge is 0.340 e. The lowest BCUT2D eigenvalue weighted by Crippen LogP contribution is -2.36. The number of nitrogens with two attached hydrogens (primary N) is 1. The summed E-state index contributed by atoms with van der Waals surface area (Å²) in [6.07, 6.45) is 2.95. The number of carbonyl (C=O) groups excluding carboxylic acids is 1. The van der Waals surface area contributed by atoms with E-state index < -0.39 is 0 Å². The predicted molar refractivity (Wildman–Crippen MR) is 100 cm³/mol. The van der Waals surface area contributed by atoms with Crippen LogP contribution in [0.5, 0.6) is 0 Å². The van der Waals surface area contributed by atoms with E-state index in [1.807, 2.05) is 0 Å². The van der Waals surface area contributed by atoms with Crippen molar-refractivity contribution in [1.29, 1.82) is 0 Å². The monoisotopic (exact) mass is 351 g/mol. The molecule has 2 saturated heterocycles. The molecule has 0 aliphatic carbocycles. The van der Waals surface area contributed by atoms with Gasteiger partial charge in [0.05, 0.1) is 0 Å². The molecule has 3 atom stereocenters. The van der Waals surface area contributed by atoms with Gasteiger partial charge in [0, 0.05) is 44.6 Å². The second kappa shape index (κ2) is 8.84. The molecule has 24 heavy (non-hydrogen) atoms. The van der Waals surface area contributed by atoms with Gasteiger partial charge in [-0.3, -0.25) is 4.79 Å². The molecule has 4 nitrogen and oxygen atoms in total. The zero-order valence-electron chi connectivity index (χ0n) is 14.6. The van der Waals surface area contributed by atoms with E-state index in [-0.39, 0.29) is 12.4 Å². The van der Waals surface area contributed by atoms with Crippen molar-refractivity contribution in [3.05, 3.63) is 35.9 Å². The van der Waals surface area contributed by atoms with E-state index in [0.717, 1.165) is 39.0 Å². The Morgan fingerprint density at radius 3 is 2.62 bits per heavy atom. The number of rotatable bonds is 5. The van der Waals surface area contributed by atoms with Crippen LogP contribution in [0.15, 0.2) is 30.3 Å². The lowest BCUT2D eigenvalue weighted by Gasteiger charge is -2.23. The molecule has 5 heteroatoms. The second-order valence-electron chi connectivity index (χ2n) is 7.10. The van der Waals surface area contributed by atoms with E-state index in [1.165, 1.54) is 5.56 Å². The minimum absolute atomic E-state index is 0. The maximum absolute atomic E-state index is 12.4. The highest BCUT2D eigenvalue weighted by molar-refractivity contribution is 5.85. The molecule has 1 amide bonds. The number of hydrogen-bond donors (Lipinski definition) is 1. The van der Waals surface area contributed by atoms with E-state index in [0.29, 0.717) is 36.8 Å². The van der Waals surface area contributed by atoms with Gasteiger partial charge >= 0.3 is 0 Å². The summed E-state index contributed by atoms with van der Waals surface area (Å²) in [7, 11) is 0. The molecule has 0 aromatic heterocycles. The summed E-state index contributed by atoms with van der Waals surface area (Å²) in [4.78, 5) is 16.9. The van der Waals surface area contributed by atoms with Crippen molar-refractivity contribution in [2.75, 3.05) is 32.7 Å². The highest BCUT2D eigenvalue weighted by Crippen LogP contribution is 2.32. The molecule has 0 saturated carbocycles. The van der Waals surface area contributed by atoms with Gasteiger partial charge in [0.1, 0.15) is 0 Å². The molecule has 0 spiro atoms. The SMILES string of the molecule is CC1CCCN1C(=O)CCN1C[C@@H](CN)[C@H](c2ccccc2)C1.Cl. The number of carbonyl (C=O) groups is 1. The quantitative estimate of drug-likeness (QED) is 0.886. The van der Waals surface area contributed by atoms with Crippen molar-refractivity contribution in [2.24, 2.45) is 11.7 Å². The fourth-order valence-electron chi connectivity index (χ4n) is 4.16.